The van der Waals surface area contributed by atoms with Gasteiger partial charge in [0.25, 0.3) is 5.91 Å². The minimum absolute atomic E-state index is 0.135. The van der Waals surface area contributed by atoms with Crippen molar-refractivity contribution >= 4 is 57.2 Å². The molecule has 1 saturated carbocycles. The Labute approximate surface area is 259 Å². The molecule has 2 amide bonds. The molecule has 6 rings (SSSR count). The number of halogens is 1. The highest BCUT2D eigenvalue weighted by Gasteiger charge is 2.25. The summed E-state index contributed by atoms with van der Waals surface area (Å²) in [6.45, 7) is 1.94. The zero-order chi connectivity index (χ0) is 29.8. The van der Waals surface area contributed by atoms with E-state index in [0.717, 1.165) is 66.4 Å². The molecule has 2 aliphatic rings. The number of carbonyl (C=O) groups is 2. The van der Waals surface area contributed by atoms with Gasteiger partial charge in [-0.25, -0.2) is 9.97 Å². The van der Waals surface area contributed by atoms with Crippen LogP contribution in [0.15, 0.2) is 36.5 Å². The lowest BCUT2D eigenvalue weighted by atomic mass is 9.92. The highest BCUT2D eigenvalue weighted by atomic mass is 35.5. The summed E-state index contributed by atoms with van der Waals surface area (Å²) in [7, 11) is 1.58. The lowest BCUT2D eigenvalue weighted by molar-refractivity contribution is -0.115. The maximum Gasteiger partial charge on any atom is 0.266 e. The largest absolute Gasteiger partial charge is 0.476 e. The first kappa shape index (κ1) is 29.3. The van der Waals surface area contributed by atoms with Crippen LogP contribution in [0.25, 0.3) is 21.5 Å². The average molecular weight is 620 g/mol. The summed E-state index contributed by atoms with van der Waals surface area (Å²) in [4.78, 5) is 39.3. The molecule has 4 N–H and O–H groups in total. The Morgan fingerprint density at radius 2 is 1.95 bits per heavy atom. The average Bonchev–Trinajstić information content (AvgIpc) is 3.75. The fourth-order valence-electron chi connectivity index (χ4n) is 5.16. The fraction of sp³-hybridized carbons (Fsp3) is 0.387. The van der Waals surface area contributed by atoms with Crippen LogP contribution >= 0.6 is 22.9 Å². The molecule has 0 bridgehead atoms. The van der Waals surface area contributed by atoms with Crippen LogP contribution in [-0.4, -0.2) is 60.1 Å². The molecule has 0 aliphatic heterocycles. The van der Waals surface area contributed by atoms with Crippen molar-refractivity contribution in [1.29, 1.82) is 0 Å². The minimum Gasteiger partial charge on any atom is -0.476 e. The van der Waals surface area contributed by atoms with Gasteiger partial charge in [-0.2, -0.15) is 0 Å². The molecule has 1 aromatic carbocycles. The summed E-state index contributed by atoms with van der Waals surface area (Å²) in [5, 5.41) is 14.7. The van der Waals surface area contributed by atoms with Crippen molar-refractivity contribution < 1.29 is 14.3 Å². The van der Waals surface area contributed by atoms with Crippen molar-refractivity contribution in [3.8, 4) is 16.5 Å². The van der Waals surface area contributed by atoms with E-state index in [1.165, 1.54) is 16.9 Å². The van der Waals surface area contributed by atoms with E-state index >= 15 is 0 Å². The van der Waals surface area contributed by atoms with Crippen LogP contribution < -0.4 is 26.0 Å². The van der Waals surface area contributed by atoms with Crippen LogP contribution in [0.1, 0.15) is 46.6 Å². The van der Waals surface area contributed by atoms with Crippen LogP contribution in [0.4, 0.5) is 11.5 Å². The molecule has 43 heavy (non-hydrogen) atoms. The second-order valence-corrected chi connectivity index (χ2v) is 12.3. The van der Waals surface area contributed by atoms with Gasteiger partial charge in [0.1, 0.15) is 10.8 Å². The van der Waals surface area contributed by atoms with Gasteiger partial charge in [0, 0.05) is 53.7 Å². The zero-order valence-electron chi connectivity index (χ0n) is 24.0. The first-order chi connectivity index (χ1) is 21.0. The van der Waals surface area contributed by atoms with Gasteiger partial charge in [0.2, 0.25) is 11.8 Å². The standard InChI is InChI=1S/C31H34ClN7O3S/c1-33-29(41)28-30(42-17-18-6-7-18)39-31(43-28)19-10-11-35-25(14-19)38-26(40)16-34-12-13-36-27-21-4-2-3-5-23(21)37-24-15-20(32)8-9-22(24)27/h8-11,14-15,18,34H,2-7,12-13,16-17H2,1H3,(H,33,41)(H,36,37)(H,35,38,40). The van der Waals surface area contributed by atoms with Gasteiger partial charge >= 0.3 is 0 Å². The van der Waals surface area contributed by atoms with Gasteiger partial charge in [-0.1, -0.05) is 11.6 Å². The third kappa shape index (κ3) is 7.06. The van der Waals surface area contributed by atoms with Crippen LogP contribution in [0.2, 0.25) is 5.02 Å². The van der Waals surface area contributed by atoms with Gasteiger partial charge < -0.3 is 26.0 Å². The maximum absolute atomic E-state index is 12.7. The van der Waals surface area contributed by atoms with Crippen molar-refractivity contribution in [2.45, 2.75) is 38.5 Å². The van der Waals surface area contributed by atoms with Gasteiger partial charge in [0.05, 0.1) is 18.7 Å². The van der Waals surface area contributed by atoms with E-state index in [1.54, 1.807) is 25.4 Å². The number of nitrogens with zero attached hydrogens (tertiary/aromatic N) is 3. The molecule has 0 unspecified atom stereocenters. The van der Waals surface area contributed by atoms with Crippen molar-refractivity contribution in [1.82, 2.24) is 25.6 Å². The Kier molecular flexibility index (Phi) is 9.01. The quantitative estimate of drug-likeness (QED) is 0.162. The molecule has 4 aromatic rings. The summed E-state index contributed by atoms with van der Waals surface area (Å²) in [5.74, 6) is 0.850. The molecule has 224 valence electrons. The molecule has 1 fully saturated rings. The lowest BCUT2D eigenvalue weighted by Crippen LogP contribution is -2.31. The Morgan fingerprint density at radius 3 is 2.79 bits per heavy atom. The van der Waals surface area contributed by atoms with E-state index in [-0.39, 0.29) is 18.4 Å². The van der Waals surface area contributed by atoms with Gasteiger partial charge in [0.15, 0.2) is 4.88 Å². The highest BCUT2D eigenvalue weighted by Crippen LogP contribution is 2.36. The van der Waals surface area contributed by atoms with Crippen molar-refractivity contribution in [2.24, 2.45) is 5.92 Å². The summed E-state index contributed by atoms with van der Waals surface area (Å²) < 4.78 is 5.86. The van der Waals surface area contributed by atoms with Gasteiger partial charge in [-0.3, -0.25) is 14.6 Å². The van der Waals surface area contributed by atoms with E-state index in [4.69, 9.17) is 21.3 Å². The molecule has 0 spiro atoms. The number of rotatable bonds is 12. The van der Waals surface area contributed by atoms with Crippen LogP contribution in [0.5, 0.6) is 5.88 Å². The number of aryl methyl sites for hydroxylation is 1. The number of aromatic nitrogens is 3. The second kappa shape index (κ2) is 13.2. The van der Waals surface area contributed by atoms with Crippen molar-refractivity contribution in [2.75, 3.05) is 43.9 Å². The number of benzene rings is 1. The number of thiazole rings is 1. The first-order valence-electron chi connectivity index (χ1n) is 14.7. The maximum atomic E-state index is 12.7. The fourth-order valence-corrected chi connectivity index (χ4v) is 6.28. The predicted molar refractivity (Wildman–Crippen MR) is 170 cm³/mol. The van der Waals surface area contributed by atoms with Crippen molar-refractivity contribution in [3.05, 3.63) is 57.7 Å². The molecule has 0 radical (unpaired) electrons. The summed E-state index contributed by atoms with van der Waals surface area (Å²) >= 11 is 7.49. The number of fused-ring (bicyclic) bond motifs is 2. The number of pyridine rings is 2. The van der Waals surface area contributed by atoms with E-state index < -0.39 is 0 Å². The van der Waals surface area contributed by atoms with Gasteiger partial charge in [-0.05, 0) is 80.3 Å². The second-order valence-electron chi connectivity index (χ2n) is 10.8. The molecule has 0 atom stereocenters. The normalized spacial score (nSPS) is 14.3. The molecule has 3 aromatic heterocycles. The number of amides is 2. The number of anilines is 2. The third-order valence-corrected chi connectivity index (χ3v) is 8.89. The molecule has 0 saturated heterocycles. The van der Waals surface area contributed by atoms with Crippen LogP contribution in [0.3, 0.4) is 0 Å². The number of carbonyl (C=O) groups excluding carboxylic acids is 2. The molecule has 12 heteroatoms. The number of hydrogen-bond donors (Lipinski definition) is 4. The van der Waals surface area contributed by atoms with Gasteiger partial charge in [-0.15, -0.1) is 11.3 Å². The number of nitrogens with one attached hydrogen (secondary N) is 4. The molecular formula is C31H34ClN7O3S. The SMILES string of the molecule is CNC(=O)c1sc(-c2ccnc(NC(=O)CNCCNc3c4c(nc5cc(Cl)ccc35)CCCC4)c2)nc1OCC1CC1. The topological polar surface area (TPSA) is 130 Å². The lowest BCUT2D eigenvalue weighted by Gasteiger charge is -2.22. The Balaban J connectivity index is 1.04. The van der Waals surface area contributed by atoms with E-state index in [9.17, 15) is 9.59 Å². The zero-order valence-corrected chi connectivity index (χ0v) is 25.5. The molecule has 3 heterocycles. The summed E-state index contributed by atoms with van der Waals surface area (Å²) in [5.41, 5.74) is 5.20. The molecule has 10 nitrogen and oxygen atoms in total. The number of ether oxygens (including phenoxy) is 1. The summed E-state index contributed by atoms with van der Waals surface area (Å²) in [6, 6.07) is 9.39. The number of hydrogen-bond acceptors (Lipinski definition) is 9. The van der Waals surface area contributed by atoms with E-state index in [0.29, 0.717) is 52.2 Å². The Morgan fingerprint density at radius 1 is 1.09 bits per heavy atom. The highest BCUT2D eigenvalue weighted by molar-refractivity contribution is 7.17. The predicted octanol–water partition coefficient (Wildman–Crippen LogP) is 5.07. The smallest absolute Gasteiger partial charge is 0.266 e. The van der Waals surface area contributed by atoms with E-state index in [1.807, 2.05) is 18.2 Å². The third-order valence-electron chi connectivity index (χ3n) is 7.57. The molecule has 2 aliphatic carbocycles. The van der Waals surface area contributed by atoms with Crippen molar-refractivity contribution in [3.63, 3.8) is 0 Å². The Hall–Kier alpha value is -3.80. The molecular weight excluding hydrogens is 586 g/mol. The first-order valence-corrected chi connectivity index (χ1v) is 15.9. The van der Waals surface area contributed by atoms with Crippen LogP contribution in [-0.2, 0) is 17.6 Å². The van der Waals surface area contributed by atoms with Crippen LogP contribution in [0, 0.1) is 5.92 Å². The Bertz CT molecular complexity index is 1660. The summed E-state index contributed by atoms with van der Waals surface area (Å²) in [6.07, 6.45) is 8.19. The minimum atomic E-state index is -0.237. The monoisotopic (exact) mass is 619 g/mol. The van der Waals surface area contributed by atoms with E-state index in [2.05, 4.69) is 31.2 Å².